The van der Waals surface area contributed by atoms with Gasteiger partial charge in [0.05, 0.1) is 13.2 Å². The van der Waals surface area contributed by atoms with Crippen LogP contribution >= 0.6 is 0 Å². The number of hydrogen-bond donors (Lipinski definition) is 0. The van der Waals surface area contributed by atoms with Crippen LogP contribution in [-0.2, 0) is 20.1 Å². The lowest BCUT2D eigenvalue weighted by Gasteiger charge is -2.31. The van der Waals surface area contributed by atoms with E-state index in [-0.39, 0.29) is 5.78 Å². The number of carbonyl (C=O) groups excluding carboxylic acids is 1. The van der Waals surface area contributed by atoms with Gasteiger partial charge in [0.25, 0.3) is 0 Å². The van der Waals surface area contributed by atoms with E-state index in [2.05, 4.69) is 0 Å². The Morgan fingerprint density at radius 2 is 1.50 bits per heavy atom. The largest absolute Gasteiger partial charge is 0.340 e. The van der Waals surface area contributed by atoms with Gasteiger partial charge in [-0.25, -0.2) is 0 Å². The molecule has 1 fully saturated rings. The highest BCUT2D eigenvalue weighted by atomic mass is 16.7. The summed E-state index contributed by atoms with van der Waals surface area (Å²) in [5.41, 5.74) is 2.55. The molecule has 112 valence electrons. The second-order valence-electron chi connectivity index (χ2n) is 5.21. The smallest absolute Gasteiger partial charge is 0.223 e. The fraction of sp³-hybridized carbons (Fsp3) is 0.211. The minimum Gasteiger partial charge on any atom is -0.340 e. The summed E-state index contributed by atoms with van der Waals surface area (Å²) < 4.78 is 12.0. The van der Waals surface area contributed by atoms with Gasteiger partial charge in [-0.2, -0.15) is 0 Å². The topological polar surface area (TPSA) is 35.5 Å². The average Bonchev–Trinajstić information content (AvgIpc) is 3.05. The second kappa shape index (κ2) is 6.26. The molecule has 0 radical (unpaired) electrons. The van der Waals surface area contributed by atoms with Gasteiger partial charge in [-0.3, -0.25) is 4.79 Å². The lowest BCUT2D eigenvalue weighted by molar-refractivity contribution is -0.117. The molecule has 2 aromatic rings. The molecule has 0 amide bonds. The summed E-state index contributed by atoms with van der Waals surface area (Å²) in [6.45, 7) is 2.53. The molecule has 3 rings (SSSR count). The Hall–Kier alpha value is -2.23. The maximum atomic E-state index is 11.8. The summed E-state index contributed by atoms with van der Waals surface area (Å²) in [7, 11) is 0. The zero-order valence-electron chi connectivity index (χ0n) is 12.5. The molecule has 2 aromatic carbocycles. The van der Waals surface area contributed by atoms with Crippen molar-refractivity contribution in [1.82, 2.24) is 0 Å². The van der Waals surface area contributed by atoms with Crippen LogP contribution in [0.4, 0.5) is 0 Å². The minimum atomic E-state index is -1.02. The van der Waals surface area contributed by atoms with Gasteiger partial charge in [0.1, 0.15) is 0 Å². The number of rotatable bonds is 4. The van der Waals surface area contributed by atoms with Crippen LogP contribution in [0.2, 0.25) is 0 Å². The number of benzene rings is 2. The monoisotopic (exact) mass is 294 g/mol. The summed E-state index contributed by atoms with van der Waals surface area (Å²) in [6, 6.07) is 19.5. The molecule has 0 bridgehead atoms. The zero-order valence-corrected chi connectivity index (χ0v) is 12.5. The molecular weight excluding hydrogens is 276 g/mol. The first-order valence-corrected chi connectivity index (χ1v) is 7.34. The molecule has 1 aliphatic rings. The van der Waals surface area contributed by atoms with Crippen molar-refractivity contribution in [2.24, 2.45) is 0 Å². The van der Waals surface area contributed by atoms with Crippen LogP contribution in [0.15, 0.2) is 66.7 Å². The van der Waals surface area contributed by atoms with E-state index in [0.717, 1.165) is 16.7 Å². The van der Waals surface area contributed by atoms with Gasteiger partial charge in [-0.05, 0) is 18.6 Å². The Morgan fingerprint density at radius 1 is 0.955 bits per heavy atom. The standard InChI is InChI=1S/C19H18O3/c1-15(20)14-18(16-8-4-2-5-9-16)19(21-12-13-22-19)17-10-6-3-7-11-17/h2-11,14H,12-13H2,1H3. The Morgan fingerprint density at radius 3 is 2.05 bits per heavy atom. The third kappa shape index (κ3) is 2.73. The van der Waals surface area contributed by atoms with E-state index in [4.69, 9.17) is 9.47 Å². The predicted molar refractivity (Wildman–Crippen MR) is 85.1 cm³/mol. The van der Waals surface area contributed by atoms with Crippen molar-refractivity contribution in [3.63, 3.8) is 0 Å². The Kier molecular flexibility index (Phi) is 4.18. The van der Waals surface area contributed by atoms with Crippen molar-refractivity contribution < 1.29 is 14.3 Å². The fourth-order valence-electron chi connectivity index (χ4n) is 2.74. The summed E-state index contributed by atoms with van der Waals surface area (Å²) in [6.07, 6.45) is 1.60. The molecule has 0 aromatic heterocycles. The highest BCUT2D eigenvalue weighted by Crippen LogP contribution is 2.43. The summed E-state index contributed by atoms with van der Waals surface area (Å²) >= 11 is 0. The first-order chi connectivity index (χ1) is 10.7. The average molecular weight is 294 g/mol. The molecule has 0 spiro atoms. The van der Waals surface area contributed by atoms with E-state index in [0.29, 0.717) is 13.2 Å². The SMILES string of the molecule is CC(=O)C=C(c1ccccc1)C1(c2ccccc2)OCCO1. The van der Waals surface area contributed by atoms with Gasteiger partial charge in [0.2, 0.25) is 5.79 Å². The van der Waals surface area contributed by atoms with Crippen molar-refractivity contribution in [3.05, 3.63) is 77.9 Å². The van der Waals surface area contributed by atoms with Crippen molar-refractivity contribution in [2.45, 2.75) is 12.7 Å². The second-order valence-corrected chi connectivity index (χ2v) is 5.21. The summed E-state index contributed by atoms with van der Waals surface area (Å²) in [5.74, 6) is -1.05. The quantitative estimate of drug-likeness (QED) is 0.809. The van der Waals surface area contributed by atoms with E-state index in [1.807, 2.05) is 60.7 Å². The van der Waals surface area contributed by atoms with Crippen molar-refractivity contribution in [1.29, 1.82) is 0 Å². The maximum Gasteiger partial charge on any atom is 0.223 e. The van der Waals surface area contributed by atoms with E-state index in [1.54, 1.807) is 6.08 Å². The van der Waals surface area contributed by atoms with E-state index < -0.39 is 5.79 Å². The minimum absolute atomic E-state index is 0.0340. The molecule has 0 atom stereocenters. The first kappa shape index (κ1) is 14.7. The molecule has 1 heterocycles. The van der Waals surface area contributed by atoms with Crippen molar-refractivity contribution in [2.75, 3.05) is 13.2 Å². The highest BCUT2D eigenvalue weighted by molar-refractivity contribution is 5.96. The van der Waals surface area contributed by atoms with Crippen LogP contribution in [-0.4, -0.2) is 19.0 Å². The number of carbonyl (C=O) groups is 1. The molecule has 0 aliphatic carbocycles. The lowest BCUT2D eigenvalue weighted by Crippen LogP contribution is -2.29. The summed E-state index contributed by atoms with van der Waals surface area (Å²) in [5, 5.41) is 0. The summed E-state index contributed by atoms with van der Waals surface area (Å²) in [4.78, 5) is 11.8. The maximum absolute atomic E-state index is 11.8. The van der Waals surface area contributed by atoms with Crippen LogP contribution < -0.4 is 0 Å². The van der Waals surface area contributed by atoms with Gasteiger partial charge in [0, 0.05) is 11.1 Å². The van der Waals surface area contributed by atoms with Gasteiger partial charge in [-0.15, -0.1) is 0 Å². The van der Waals surface area contributed by atoms with Gasteiger partial charge in [0.15, 0.2) is 5.78 Å². The van der Waals surface area contributed by atoms with Crippen LogP contribution in [0.5, 0.6) is 0 Å². The van der Waals surface area contributed by atoms with E-state index in [1.165, 1.54) is 6.92 Å². The molecule has 3 nitrogen and oxygen atoms in total. The van der Waals surface area contributed by atoms with Crippen LogP contribution in [0, 0.1) is 0 Å². The fourth-order valence-corrected chi connectivity index (χ4v) is 2.74. The molecule has 22 heavy (non-hydrogen) atoms. The van der Waals surface area contributed by atoms with Gasteiger partial charge >= 0.3 is 0 Å². The highest BCUT2D eigenvalue weighted by Gasteiger charge is 2.43. The number of allylic oxidation sites excluding steroid dienone is 1. The molecule has 3 heteroatoms. The van der Waals surface area contributed by atoms with E-state index >= 15 is 0 Å². The lowest BCUT2D eigenvalue weighted by atomic mass is 9.90. The van der Waals surface area contributed by atoms with Crippen LogP contribution in [0.25, 0.3) is 5.57 Å². The predicted octanol–water partition coefficient (Wildman–Crippen LogP) is 3.56. The molecular formula is C19H18O3. The zero-order chi connectivity index (χ0) is 15.4. The van der Waals surface area contributed by atoms with Crippen molar-refractivity contribution >= 4 is 11.4 Å². The first-order valence-electron chi connectivity index (χ1n) is 7.34. The molecule has 0 unspecified atom stereocenters. The van der Waals surface area contributed by atoms with Gasteiger partial charge < -0.3 is 9.47 Å². The van der Waals surface area contributed by atoms with E-state index in [9.17, 15) is 4.79 Å². The Labute approximate surface area is 130 Å². The Bertz CT molecular complexity index is 668. The van der Waals surface area contributed by atoms with Gasteiger partial charge in [-0.1, -0.05) is 60.7 Å². The molecule has 0 N–H and O–H groups in total. The third-order valence-electron chi connectivity index (χ3n) is 3.63. The third-order valence-corrected chi connectivity index (χ3v) is 3.63. The number of ether oxygens (including phenoxy) is 2. The van der Waals surface area contributed by atoms with Crippen LogP contribution in [0.1, 0.15) is 18.1 Å². The molecule has 1 aliphatic heterocycles. The molecule has 0 saturated carbocycles. The van der Waals surface area contributed by atoms with Crippen LogP contribution in [0.3, 0.4) is 0 Å². The Balaban J connectivity index is 2.18. The number of hydrogen-bond acceptors (Lipinski definition) is 3. The molecule has 1 saturated heterocycles. The van der Waals surface area contributed by atoms with Crippen molar-refractivity contribution in [3.8, 4) is 0 Å². The number of ketones is 1. The normalized spacial score (nSPS) is 17.4.